The number of fused-ring (bicyclic) bond motifs is 1. The number of benzene rings is 1. The molecule has 6 heteroatoms. The van der Waals surface area contributed by atoms with E-state index in [1.165, 1.54) is 13.2 Å². The normalized spacial score (nSPS) is 15.0. The molecule has 0 spiro atoms. The van der Waals surface area contributed by atoms with E-state index in [1.807, 2.05) is 7.05 Å². The van der Waals surface area contributed by atoms with E-state index >= 15 is 0 Å². The Hall–Kier alpha value is -1.95. The Morgan fingerprint density at radius 3 is 2.83 bits per heavy atom. The molecule has 0 saturated heterocycles. The highest BCUT2D eigenvalue weighted by atomic mass is 16.6. The molecule has 6 nitrogen and oxygen atoms in total. The van der Waals surface area contributed by atoms with Crippen LogP contribution in [0.15, 0.2) is 12.1 Å². The fourth-order valence-corrected chi connectivity index (χ4v) is 2.18. The van der Waals surface area contributed by atoms with Crippen molar-refractivity contribution in [2.24, 2.45) is 0 Å². The van der Waals surface area contributed by atoms with Crippen LogP contribution in [-0.2, 0) is 17.7 Å². The number of hydrogen-bond donors (Lipinski definition) is 0. The van der Waals surface area contributed by atoms with Crippen LogP contribution in [0.4, 0.5) is 5.69 Å². The Bertz CT molecular complexity index is 513. The first-order valence-corrected chi connectivity index (χ1v) is 5.60. The van der Waals surface area contributed by atoms with Crippen LogP contribution in [0.2, 0.25) is 0 Å². The summed E-state index contributed by atoms with van der Waals surface area (Å²) in [6.45, 7) is 1.44. The van der Waals surface area contributed by atoms with E-state index in [2.05, 4.69) is 4.90 Å². The molecule has 0 saturated carbocycles. The first kappa shape index (κ1) is 12.5. The standard InChI is InChI=1S/C12H14N2O4/c1-13-4-3-8-5-9(14(16)17)6-10(11(8)7-13)12(15)18-2/h5-6H,3-4,7H2,1-2H3. The summed E-state index contributed by atoms with van der Waals surface area (Å²) in [5.41, 5.74) is 1.94. The van der Waals surface area contributed by atoms with Crippen LogP contribution in [0.5, 0.6) is 0 Å². The third-order valence-electron chi connectivity index (χ3n) is 3.13. The molecule has 1 aromatic carbocycles. The third kappa shape index (κ3) is 2.19. The zero-order chi connectivity index (χ0) is 13.3. The summed E-state index contributed by atoms with van der Waals surface area (Å²) < 4.78 is 4.69. The lowest BCUT2D eigenvalue weighted by Gasteiger charge is -2.26. The van der Waals surface area contributed by atoms with Crippen LogP contribution >= 0.6 is 0 Å². The minimum Gasteiger partial charge on any atom is -0.465 e. The van der Waals surface area contributed by atoms with E-state index in [0.717, 1.165) is 17.7 Å². The smallest absolute Gasteiger partial charge is 0.338 e. The minimum absolute atomic E-state index is 0.0568. The number of nitro benzene ring substituents is 1. The van der Waals surface area contributed by atoms with Crippen LogP contribution in [0.1, 0.15) is 21.5 Å². The molecule has 0 unspecified atom stereocenters. The fourth-order valence-electron chi connectivity index (χ4n) is 2.18. The van der Waals surface area contributed by atoms with Crippen LogP contribution in [-0.4, -0.2) is 36.5 Å². The maximum atomic E-state index is 11.7. The first-order chi connectivity index (χ1) is 8.52. The Balaban J connectivity index is 2.57. The zero-order valence-electron chi connectivity index (χ0n) is 10.3. The van der Waals surface area contributed by atoms with Crippen molar-refractivity contribution in [2.75, 3.05) is 20.7 Å². The second-order valence-electron chi connectivity index (χ2n) is 4.37. The number of carbonyl (C=O) groups excluding carboxylic acids is 1. The quantitative estimate of drug-likeness (QED) is 0.450. The highest BCUT2D eigenvalue weighted by molar-refractivity contribution is 5.92. The zero-order valence-corrected chi connectivity index (χ0v) is 10.3. The van der Waals surface area contributed by atoms with Crippen molar-refractivity contribution in [2.45, 2.75) is 13.0 Å². The summed E-state index contributed by atoms with van der Waals surface area (Å²) in [4.78, 5) is 24.1. The average molecular weight is 250 g/mol. The van der Waals surface area contributed by atoms with Gasteiger partial charge in [0, 0.05) is 25.2 Å². The van der Waals surface area contributed by atoms with Gasteiger partial charge in [-0.3, -0.25) is 10.1 Å². The summed E-state index contributed by atoms with van der Waals surface area (Å²) in [5, 5.41) is 10.9. The predicted octanol–water partition coefficient (Wildman–Crippen LogP) is 1.37. The summed E-state index contributed by atoms with van der Waals surface area (Å²) in [7, 11) is 3.23. The number of ether oxygens (including phenoxy) is 1. The van der Waals surface area contributed by atoms with E-state index in [-0.39, 0.29) is 5.69 Å². The SMILES string of the molecule is COC(=O)c1cc([N+](=O)[O-])cc2c1CN(C)CC2. The molecule has 1 heterocycles. The lowest BCUT2D eigenvalue weighted by atomic mass is 9.94. The summed E-state index contributed by atoms with van der Waals surface area (Å²) in [6, 6.07) is 2.85. The fraction of sp³-hybridized carbons (Fsp3) is 0.417. The Morgan fingerprint density at radius 2 is 2.22 bits per heavy atom. The molecule has 0 amide bonds. The van der Waals surface area contributed by atoms with Gasteiger partial charge in [-0.1, -0.05) is 0 Å². The predicted molar refractivity (Wildman–Crippen MR) is 64.5 cm³/mol. The summed E-state index contributed by atoms with van der Waals surface area (Å²) in [6.07, 6.45) is 0.706. The number of likely N-dealkylation sites (N-methyl/N-ethyl adjacent to an activating group) is 1. The molecule has 0 N–H and O–H groups in total. The van der Waals surface area contributed by atoms with Crippen molar-refractivity contribution < 1.29 is 14.5 Å². The van der Waals surface area contributed by atoms with Gasteiger partial charge in [-0.05, 0) is 24.6 Å². The lowest BCUT2D eigenvalue weighted by Crippen LogP contribution is -2.28. The van der Waals surface area contributed by atoms with Crippen LogP contribution in [0, 0.1) is 10.1 Å². The Kier molecular flexibility index (Phi) is 3.29. The third-order valence-corrected chi connectivity index (χ3v) is 3.13. The van der Waals surface area contributed by atoms with Gasteiger partial charge < -0.3 is 9.64 Å². The first-order valence-electron chi connectivity index (χ1n) is 5.60. The topological polar surface area (TPSA) is 72.7 Å². The molecule has 1 aliphatic heterocycles. The van der Waals surface area contributed by atoms with Crippen molar-refractivity contribution in [3.63, 3.8) is 0 Å². The number of nitrogens with zero attached hydrogens (tertiary/aromatic N) is 2. The molecule has 0 aliphatic carbocycles. The van der Waals surface area contributed by atoms with Crippen molar-refractivity contribution in [1.82, 2.24) is 4.90 Å². The van der Waals surface area contributed by atoms with Crippen molar-refractivity contribution >= 4 is 11.7 Å². The van der Waals surface area contributed by atoms with E-state index in [4.69, 9.17) is 4.74 Å². The summed E-state index contributed by atoms with van der Waals surface area (Å²) in [5.74, 6) is -0.523. The summed E-state index contributed by atoms with van der Waals surface area (Å²) >= 11 is 0. The number of hydrogen-bond acceptors (Lipinski definition) is 5. The molecular weight excluding hydrogens is 236 g/mol. The average Bonchev–Trinajstić information content (AvgIpc) is 2.36. The molecule has 2 rings (SSSR count). The Morgan fingerprint density at radius 1 is 1.50 bits per heavy atom. The highest BCUT2D eigenvalue weighted by Gasteiger charge is 2.24. The molecule has 0 atom stereocenters. The molecule has 1 aromatic rings. The van der Waals surface area contributed by atoms with E-state index in [1.54, 1.807) is 6.07 Å². The van der Waals surface area contributed by atoms with Gasteiger partial charge in [0.2, 0.25) is 0 Å². The van der Waals surface area contributed by atoms with Gasteiger partial charge in [-0.2, -0.15) is 0 Å². The second kappa shape index (κ2) is 4.73. The molecule has 18 heavy (non-hydrogen) atoms. The molecule has 0 aromatic heterocycles. The van der Waals surface area contributed by atoms with Gasteiger partial charge in [-0.15, -0.1) is 0 Å². The van der Waals surface area contributed by atoms with Gasteiger partial charge in [-0.25, -0.2) is 4.79 Å². The highest BCUT2D eigenvalue weighted by Crippen LogP contribution is 2.27. The second-order valence-corrected chi connectivity index (χ2v) is 4.37. The number of nitro groups is 1. The molecule has 1 aliphatic rings. The van der Waals surface area contributed by atoms with Gasteiger partial charge in [0.15, 0.2) is 0 Å². The van der Waals surface area contributed by atoms with E-state index < -0.39 is 10.9 Å². The maximum Gasteiger partial charge on any atom is 0.338 e. The molecule has 0 bridgehead atoms. The van der Waals surface area contributed by atoms with Crippen molar-refractivity contribution in [3.8, 4) is 0 Å². The number of methoxy groups -OCH3 is 1. The van der Waals surface area contributed by atoms with E-state index in [9.17, 15) is 14.9 Å². The van der Waals surface area contributed by atoms with Gasteiger partial charge in [0.1, 0.15) is 0 Å². The minimum atomic E-state index is -0.523. The number of esters is 1. The van der Waals surface area contributed by atoms with Crippen molar-refractivity contribution in [1.29, 1.82) is 0 Å². The largest absolute Gasteiger partial charge is 0.465 e. The van der Waals surface area contributed by atoms with Gasteiger partial charge in [0.05, 0.1) is 17.6 Å². The number of carbonyl (C=O) groups is 1. The lowest BCUT2D eigenvalue weighted by molar-refractivity contribution is -0.385. The molecule has 96 valence electrons. The number of non-ortho nitro benzene ring substituents is 1. The number of rotatable bonds is 2. The molecule has 0 radical (unpaired) electrons. The van der Waals surface area contributed by atoms with Gasteiger partial charge >= 0.3 is 5.97 Å². The molecule has 0 fully saturated rings. The van der Waals surface area contributed by atoms with Crippen LogP contribution in [0.3, 0.4) is 0 Å². The van der Waals surface area contributed by atoms with E-state index in [0.29, 0.717) is 18.5 Å². The monoisotopic (exact) mass is 250 g/mol. The maximum absolute atomic E-state index is 11.7. The molecular formula is C12H14N2O4. The van der Waals surface area contributed by atoms with Gasteiger partial charge in [0.25, 0.3) is 5.69 Å². The Labute approximate surface area is 104 Å². The van der Waals surface area contributed by atoms with Crippen LogP contribution in [0.25, 0.3) is 0 Å². The van der Waals surface area contributed by atoms with Crippen molar-refractivity contribution in [3.05, 3.63) is 38.9 Å². The van der Waals surface area contributed by atoms with Crippen LogP contribution < -0.4 is 0 Å².